The smallest absolute Gasteiger partial charge is 0.193 e. The van der Waals surface area contributed by atoms with E-state index >= 15 is 0 Å². The molecule has 0 saturated heterocycles. The summed E-state index contributed by atoms with van der Waals surface area (Å²) in [5.41, 5.74) is 2.35. The van der Waals surface area contributed by atoms with Crippen molar-refractivity contribution >= 4 is 16.6 Å². The molecule has 0 fully saturated rings. The lowest BCUT2D eigenvalue weighted by atomic mass is 9.80. The maximum Gasteiger partial charge on any atom is 0.193 e. The van der Waals surface area contributed by atoms with Crippen molar-refractivity contribution in [1.29, 1.82) is 0 Å². The Bertz CT molecular complexity index is 1230. The van der Waals surface area contributed by atoms with Crippen molar-refractivity contribution in [3.63, 3.8) is 0 Å². The molecule has 0 aliphatic carbocycles. The van der Waals surface area contributed by atoms with Gasteiger partial charge in [0.15, 0.2) is 16.6 Å². The Morgan fingerprint density at radius 1 is 0.605 bits per heavy atom. The number of hydrogen-bond acceptors (Lipinski definition) is 4. The first-order valence-corrected chi connectivity index (χ1v) is 21.4. The molecule has 1 aliphatic heterocycles. The van der Waals surface area contributed by atoms with Crippen LogP contribution in [0, 0.1) is 0 Å². The third kappa shape index (κ3) is 7.26. The van der Waals surface area contributed by atoms with Crippen LogP contribution >= 0.6 is 0 Å². The maximum absolute atomic E-state index is 7.24. The Balaban J connectivity index is 1.78. The van der Waals surface area contributed by atoms with Gasteiger partial charge in [-0.2, -0.15) is 0 Å². The van der Waals surface area contributed by atoms with Crippen molar-refractivity contribution in [1.82, 2.24) is 0 Å². The molecule has 1 aliphatic rings. The molecule has 0 N–H and O–H groups in total. The second kappa shape index (κ2) is 12.9. The molecule has 0 amide bonds. The first kappa shape index (κ1) is 33.4. The van der Waals surface area contributed by atoms with E-state index < -0.39 is 22.2 Å². The highest BCUT2D eigenvalue weighted by molar-refractivity contribution is 6.74. The first-order chi connectivity index (χ1) is 20.1. The molecule has 0 saturated carbocycles. The van der Waals surface area contributed by atoms with Gasteiger partial charge >= 0.3 is 0 Å². The summed E-state index contributed by atoms with van der Waals surface area (Å²) >= 11 is 0. The third-order valence-electron chi connectivity index (χ3n) is 9.69. The quantitative estimate of drug-likeness (QED) is 0.168. The van der Waals surface area contributed by atoms with E-state index in [1.807, 2.05) is 24.3 Å². The summed E-state index contributed by atoms with van der Waals surface area (Å²) in [6.07, 6.45) is 2.96. The molecule has 0 bridgehead atoms. The number of benzene rings is 3. The van der Waals surface area contributed by atoms with Crippen LogP contribution < -0.4 is 0 Å². The zero-order chi connectivity index (χ0) is 31.5. The van der Waals surface area contributed by atoms with Gasteiger partial charge in [-0.1, -0.05) is 133 Å². The average Bonchev–Trinajstić information content (AvgIpc) is 2.95. The van der Waals surface area contributed by atoms with Crippen molar-refractivity contribution in [2.75, 3.05) is 6.61 Å². The van der Waals surface area contributed by atoms with Crippen molar-refractivity contribution in [3.8, 4) is 0 Å². The van der Waals surface area contributed by atoms with E-state index in [9.17, 15) is 0 Å². The molecule has 3 aromatic rings. The van der Waals surface area contributed by atoms with Gasteiger partial charge in [0, 0.05) is 0 Å². The molecule has 43 heavy (non-hydrogen) atoms. The summed E-state index contributed by atoms with van der Waals surface area (Å²) in [5, 5.41) is 0.0959. The molecule has 1 heterocycles. The molecule has 0 radical (unpaired) electrons. The lowest BCUT2D eigenvalue weighted by Gasteiger charge is -2.47. The molecule has 4 rings (SSSR count). The summed E-state index contributed by atoms with van der Waals surface area (Å²) in [4.78, 5) is 0. The maximum atomic E-state index is 7.24. The van der Waals surface area contributed by atoms with Crippen LogP contribution in [0.3, 0.4) is 0 Å². The highest BCUT2D eigenvalue weighted by Crippen LogP contribution is 2.44. The molecule has 6 heteroatoms. The van der Waals surface area contributed by atoms with Crippen molar-refractivity contribution in [2.24, 2.45) is 0 Å². The van der Waals surface area contributed by atoms with Crippen LogP contribution in [-0.4, -0.2) is 41.6 Å². The average molecular weight is 617 g/mol. The summed E-state index contributed by atoms with van der Waals surface area (Å²) < 4.78 is 27.9. The molecule has 232 valence electrons. The molecular formula is C37H52O4Si2. The van der Waals surface area contributed by atoms with Gasteiger partial charge in [-0.15, -0.1) is 0 Å². The predicted molar refractivity (Wildman–Crippen MR) is 183 cm³/mol. The fraction of sp³-hybridized carbons (Fsp3) is 0.459. The van der Waals surface area contributed by atoms with Crippen LogP contribution in [0.4, 0.5) is 0 Å². The fourth-order valence-corrected chi connectivity index (χ4v) is 7.58. The minimum Gasteiger partial charge on any atom is -0.493 e. The molecular weight excluding hydrogens is 565 g/mol. The van der Waals surface area contributed by atoms with E-state index in [0.717, 1.165) is 16.7 Å². The second-order valence-corrected chi connectivity index (χ2v) is 24.3. The number of ether oxygens (including phenoxy) is 2. The van der Waals surface area contributed by atoms with E-state index in [0.29, 0.717) is 6.61 Å². The molecule has 3 aromatic carbocycles. The monoisotopic (exact) mass is 616 g/mol. The van der Waals surface area contributed by atoms with Gasteiger partial charge in [0.2, 0.25) is 0 Å². The first-order valence-electron chi connectivity index (χ1n) is 15.6. The van der Waals surface area contributed by atoms with E-state index in [2.05, 4.69) is 141 Å². The lowest BCUT2D eigenvalue weighted by molar-refractivity contribution is -0.108. The minimum absolute atomic E-state index is 0.0307. The SMILES string of the molecule is CC(C)(C)[Si](C)(C)O[C@H]1[C@H](O[Si](C)(C)C(C)(C)C)C=CO[C@@H]1COC(c1ccccc1)(c1ccccc1)c1ccccc1. The van der Waals surface area contributed by atoms with Crippen LogP contribution in [0.1, 0.15) is 58.2 Å². The fourth-order valence-electron chi connectivity index (χ4n) is 5.02. The highest BCUT2D eigenvalue weighted by Gasteiger charge is 2.48. The van der Waals surface area contributed by atoms with Gasteiger partial charge in [0.1, 0.15) is 17.8 Å². The zero-order valence-electron chi connectivity index (χ0n) is 27.9. The molecule has 4 nitrogen and oxygen atoms in total. The summed E-state index contributed by atoms with van der Waals surface area (Å²) in [6.45, 7) is 23.2. The lowest BCUT2D eigenvalue weighted by Crippen LogP contribution is -2.57. The molecule has 0 aromatic heterocycles. The van der Waals surface area contributed by atoms with Crippen LogP contribution in [0.5, 0.6) is 0 Å². The largest absolute Gasteiger partial charge is 0.493 e. The zero-order valence-corrected chi connectivity index (χ0v) is 29.9. The van der Waals surface area contributed by atoms with Gasteiger partial charge < -0.3 is 18.3 Å². The molecule has 0 unspecified atom stereocenters. The number of hydrogen-bond donors (Lipinski definition) is 0. The number of rotatable bonds is 10. The minimum atomic E-state index is -2.20. The summed E-state index contributed by atoms with van der Waals surface area (Å²) in [6, 6.07) is 31.5. The Labute approximate surface area is 262 Å². The van der Waals surface area contributed by atoms with Gasteiger partial charge in [0.05, 0.1) is 19.0 Å². The van der Waals surface area contributed by atoms with E-state index in [1.54, 1.807) is 6.26 Å². The van der Waals surface area contributed by atoms with Crippen LogP contribution in [0.15, 0.2) is 103 Å². The van der Waals surface area contributed by atoms with Gasteiger partial charge in [-0.25, -0.2) is 0 Å². The van der Waals surface area contributed by atoms with Gasteiger partial charge in [-0.3, -0.25) is 0 Å². The summed E-state index contributed by atoms with van der Waals surface area (Å²) in [7, 11) is -4.31. The molecule has 3 atom stereocenters. The Morgan fingerprint density at radius 3 is 1.40 bits per heavy atom. The van der Waals surface area contributed by atoms with E-state index in [1.165, 1.54) is 0 Å². The van der Waals surface area contributed by atoms with Gasteiger partial charge in [-0.05, 0) is 59.0 Å². The standard InChI is InChI=1S/C37H52O4Si2/c1-35(2,3)42(7,8)40-32-26-27-38-33(34(32)41-43(9,10)36(4,5)6)28-39-37(29-20-14-11-15-21-29,30-22-16-12-17-23-30)31-24-18-13-19-25-31/h11-27,32-34H,28H2,1-10H3/t32-,33-,34+/m1/s1. The van der Waals surface area contributed by atoms with Gasteiger partial charge in [0.25, 0.3) is 0 Å². The molecule has 0 spiro atoms. The van der Waals surface area contributed by atoms with Crippen molar-refractivity contribution in [3.05, 3.63) is 120 Å². The van der Waals surface area contributed by atoms with Crippen molar-refractivity contribution in [2.45, 2.75) is 102 Å². The van der Waals surface area contributed by atoms with E-state index in [4.69, 9.17) is 18.3 Å². The van der Waals surface area contributed by atoms with Crippen LogP contribution in [0.25, 0.3) is 0 Å². The third-order valence-corrected chi connectivity index (χ3v) is 18.6. The summed E-state index contributed by atoms with van der Waals surface area (Å²) in [5.74, 6) is 0. The Morgan fingerprint density at radius 2 is 1.00 bits per heavy atom. The second-order valence-electron chi connectivity index (χ2n) is 14.8. The van der Waals surface area contributed by atoms with Crippen LogP contribution in [-0.2, 0) is 23.9 Å². The van der Waals surface area contributed by atoms with E-state index in [-0.39, 0.29) is 28.4 Å². The highest BCUT2D eigenvalue weighted by atomic mass is 28.4. The topological polar surface area (TPSA) is 36.9 Å². The Kier molecular flexibility index (Phi) is 9.99. The van der Waals surface area contributed by atoms with Crippen molar-refractivity contribution < 1.29 is 18.3 Å². The normalized spacial score (nSPS) is 20.1. The predicted octanol–water partition coefficient (Wildman–Crippen LogP) is 9.69. The Hall–Kier alpha value is -2.49. The van der Waals surface area contributed by atoms with Crippen LogP contribution in [0.2, 0.25) is 36.3 Å².